The second-order valence-corrected chi connectivity index (χ2v) is 5.75. The Morgan fingerprint density at radius 1 is 1.55 bits per heavy atom. The van der Waals surface area contributed by atoms with Crippen LogP contribution < -0.4 is 5.32 Å². The van der Waals surface area contributed by atoms with Crippen LogP contribution in [0.2, 0.25) is 0 Å². The van der Waals surface area contributed by atoms with Crippen molar-refractivity contribution < 1.29 is 14.7 Å². The second kappa shape index (κ2) is 6.78. The number of aliphatic carboxylic acids is 1. The molecule has 0 atom stereocenters. The third-order valence-electron chi connectivity index (χ3n) is 3.09. The fourth-order valence-electron chi connectivity index (χ4n) is 1.90. The number of aromatic nitrogens is 2. The van der Waals surface area contributed by atoms with Gasteiger partial charge in [-0.3, -0.25) is 9.59 Å². The van der Waals surface area contributed by atoms with E-state index in [1.807, 2.05) is 11.5 Å². The molecule has 7 heteroatoms. The summed E-state index contributed by atoms with van der Waals surface area (Å²) >= 11 is 1.19. The number of aryl methyl sites for hydroxylation is 1. The highest BCUT2D eigenvalue weighted by Crippen LogP contribution is 2.21. The predicted molar refractivity (Wildman–Crippen MR) is 75.7 cm³/mol. The largest absolute Gasteiger partial charge is 0.481 e. The summed E-state index contributed by atoms with van der Waals surface area (Å²) in [6, 6.07) is 0.372. The van der Waals surface area contributed by atoms with E-state index in [1.54, 1.807) is 6.20 Å². The maximum absolute atomic E-state index is 11.7. The minimum atomic E-state index is -0.867. The van der Waals surface area contributed by atoms with Crippen molar-refractivity contribution >= 4 is 23.6 Å². The van der Waals surface area contributed by atoms with Crippen molar-refractivity contribution in [2.24, 2.45) is 0 Å². The Hall–Kier alpha value is -1.50. The first-order valence-electron chi connectivity index (χ1n) is 6.78. The number of rotatable bonds is 8. The highest BCUT2D eigenvalue weighted by atomic mass is 32.2. The molecule has 6 nitrogen and oxygen atoms in total. The van der Waals surface area contributed by atoms with Crippen LogP contribution in [0.5, 0.6) is 0 Å². The van der Waals surface area contributed by atoms with Gasteiger partial charge >= 0.3 is 5.97 Å². The number of hydrogen-bond acceptors (Lipinski definition) is 4. The Bertz CT molecular complexity index is 497. The lowest BCUT2D eigenvalue weighted by atomic mass is 10.3. The molecule has 1 aliphatic rings. The highest BCUT2D eigenvalue weighted by molar-refractivity contribution is 7.99. The van der Waals surface area contributed by atoms with Gasteiger partial charge in [0.05, 0.1) is 5.75 Å². The molecule has 1 aromatic rings. The third-order valence-corrected chi connectivity index (χ3v) is 4.07. The molecule has 2 rings (SSSR count). The van der Waals surface area contributed by atoms with E-state index in [-0.39, 0.29) is 11.7 Å². The number of thioether (sulfide) groups is 1. The van der Waals surface area contributed by atoms with Crippen LogP contribution >= 0.6 is 11.8 Å². The van der Waals surface area contributed by atoms with Gasteiger partial charge in [-0.05, 0) is 19.3 Å². The summed E-state index contributed by atoms with van der Waals surface area (Å²) in [5.41, 5.74) is 1.03. The molecule has 0 aliphatic heterocycles. The number of carboxylic acid groups (broad SMARTS) is 1. The van der Waals surface area contributed by atoms with Crippen LogP contribution in [0, 0.1) is 0 Å². The molecule has 1 heterocycles. The smallest absolute Gasteiger partial charge is 0.313 e. The molecule has 1 saturated carbocycles. The fraction of sp³-hybridized carbons (Fsp3) is 0.615. The van der Waals surface area contributed by atoms with Gasteiger partial charge in [-0.15, -0.1) is 0 Å². The van der Waals surface area contributed by atoms with Gasteiger partial charge in [-0.1, -0.05) is 18.7 Å². The van der Waals surface area contributed by atoms with Gasteiger partial charge in [0.1, 0.15) is 0 Å². The van der Waals surface area contributed by atoms with Gasteiger partial charge in [0.25, 0.3) is 0 Å². The number of carbonyl (C=O) groups excluding carboxylic acids is 1. The lowest BCUT2D eigenvalue weighted by molar-refractivity contribution is -0.134. The molecule has 0 spiro atoms. The van der Waals surface area contributed by atoms with Gasteiger partial charge in [-0.25, -0.2) is 4.98 Å². The van der Waals surface area contributed by atoms with Gasteiger partial charge < -0.3 is 15.0 Å². The van der Waals surface area contributed by atoms with E-state index in [9.17, 15) is 9.59 Å². The Kier molecular flexibility index (Phi) is 5.05. The molecular weight excluding hydrogens is 278 g/mol. The SMILES string of the molecule is CCc1cnc(SCC(=O)O)n1CCC(=O)NC1CC1. The molecule has 1 fully saturated rings. The monoisotopic (exact) mass is 297 g/mol. The van der Waals surface area contributed by atoms with Gasteiger partial charge in [-0.2, -0.15) is 0 Å². The van der Waals surface area contributed by atoms with E-state index in [4.69, 9.17) is 5.11 Å². The van der Waals surface area contributed by atoms with Crippen molar-refractivity contribution in [3.05, 3.63) is 11.9 Å². The van der Waals surface area contributed by atoms with Crippen LogP contribution in [0.4, 0.5) is 0 Å². The van der Waals surface area contributed by atoms with Gasteiger partial charge in [0, 0.05) is 30.9 Å². The summed E-state index contributed by atoms with van der Waals surface area (Å²) in [5.74, 6) is -0.833. The molecule has 1 amide bonds. The van der Waals surface area contributed by atoms with Crippen molar-refractivity contribution in [1.29, 1.82) is 0 Å². The Morgan fingerprint density at radius 2 is 2.30 bits per heavy atom. The number of carbonyl (C=O) groups is 2. The molecule has 20 heavy (non-hydrogen) atoms. The first-order valence-corrected chi connectivity index (χ1v) is 7.77. The summed E-state index contributed by atoms with van der Waals surface area (Å²) in [4.78, 5) is 26.6. The van der Waals surface area contributed by atoms with Gasteiger partial charge in [0.15, 0.2) is 5.16 Å². The van der Waals surface area contributed by atoms with E-state index in [0.29, 0.717) is 24.2 Å². The van der Waals surface area contributed by atoms with Crippen molar-refractivity contribution in [3.8, 4) is 0 Å². The number of nitrogens with zero attached hydrogens (tertiary/aromatic N) is 2. The molecule has 0 aromatic carbocycles. The number of hydrogen-bond donors (Lipinski definition) is 2. The second-order valence-electron chi connectivity index (χ2n) is 4.81. The van der Waals surface area contributed by atoms with E-state index < -0.39 is 5.97 Å². The van der Waals surface area contributed by atoms with Crippen LogP contribution in [0.25, 0.3) is 0 Å². The van der Waals surface area contributed by atoms with E-state index in [0.717, 1.165) is 25.0 Å². The fourth-order valence-corrected chi connectivity index (χ4v) is 2.64. The Labute approximate surface area is 122 Å². The van der Waals surface area contributed by atoms with E-state index in [1.165, 1.54) is 11.8 Å². The minimum absolute atomic E-state index is 0.0194. The molecule has 1 aromatic heterocycles. The van der Waals surface area contributed by atoms with Crippen molar-refractivity contribution in [3.63, 3.8) is 0 Å². The summed E-state index contributed by atoms with van der Waals surface area (Å²) < 4.78 is 1.94. The lowest BCUT2D eigenvalue weighted by Gasteiger charge is -2.10. The van der Waals surface area contributed by atoms with Crippen LogP contribution in [0.1, 0.15) is 31.9 Å². The number of carboxylic acids is 1. The normalized spacial score (nSPS) is 14.2. The summed E-state index contributed by atoms with van der Waals surface area (Å²) in [6.45, 7) is 2.56. The lowest BCUT2D eigenvalue weighted by Crippen LogP contribution is -2.26. The van der Waals surface area contributed by atoms with Crippen molar-refractivity contribution in [2.45, 2.75) is 50.4 Å². The van der Waals surface area contributed by atoms with E-state index in [2.05, 4.69) is 10.3 Å². The van der Waals surface area contributed by atoms with Crippen LogP contribution in [-0.4, -0.2) is 38.3 Å². The topological polar surface area (TPSA) is 84.2 Å². The average Bonchev–Trinajstić information content (AvgIpc) is 3.12. The van der Waals surface area contributed by atoms with Crippen molar-refractivity contribution in [2.75, 3.05) is 5.75 Å². The van der Waals surface area contributed by atoms with Crippen LogP contribution in [0.15, 0.2) is 11.4 Å². The zero-order valence-electron chi connectivity index (χ0n) is 11.5. The van der Waals surface area contributed by atoms with Gasteiger partial charge in [0.2, 0.25) is 5.91 Å². The Morgan fingerprint density at radius 3 is 2.90 bits per heavy atom. The molecule has 1 aliphatic carbocycles. The number of nitrogens with one attached hydrogen (secondary N) is 1. The standard InChI is InChI=1S/C13H19N3O3S/c1-2-10-7-14-13(20-8-12(18)19)16(10)6-5-11(17)15-9-3-4-9/h7,9H,2-6,8H2,1H3,(H,15,17)(H,18,19). The summed E-state index contributed by atoms with van der Waals surface area (Å²) in [5, 5.41) is 12.4. The zero-order valence-corrected chi connectivity index (χ0v) is 12.3. The van der Waals surface area contributed by atoms with Crippen molar-refractivity contribution in [1.82, 2.24) is 14.9 Å². The maximum Gasteiger partial charge on any atom is 0.313 e. The first kappa shape index (κ1) is 14.9. The Balaban J connectivity index is 1.94. The molecule has 0 radical (unpaired) electrons. The third kappa shape index (κ3) is 4.26. The zero-order chi connectivity index (χ0) is 14.5. The first-order chi connectivity index (χ1) is 9.60. The molecule has 2 N–H and O–H groups in total. The average molecular weight is 297 g/mol. The van der Waals surface area contributed by atoms with E-state index >= 15 is 0 Å². The predicted octanol–water partition coefficient (Wildman–Crippen LogP) is 1.29. The molecule has 0 bridgehead atoms. The molecular formula is C13H19N3O3S. The molecule has 0 saturated heterocycles. The van der Waals surface area contributed by atoms with Crippen LogP contribution in [-0.2, 0) is 22.6 Å². The maximum atomic E-state index is 11.7. The molecule has 0 unspecified atom stereocenters. The summed E-state index contributed by atoms with van der Waals surface area (Å²) in [7, 11) is 0. The summed E-state index contributed by atoms with van der Waals surface area (Å²) in [6.07, 6.45) is 5.13. The molecule has 110 valence electrons. The minimum Gasteiger partial charge on any atom is -0.481 e. The quantitative estimate of drug-likeness (QED) is 0.706. The van der Waals surface area contributed by atoms with Crippen LogP contribution in [0.3, 0.4) is 0 Å². The number of imidazole rings is 1. The number of amides is 1. The highest BCUT2D eigenvalue weighted by Gasteiger charge is 2.23.